The molecule has 2 N–H and O–H groups in total. The maximum Gasteiger partial charge on any atom is 0.238 e. The second-order valence-corrected chi connectivity index (χ2v) is 6.26. The quantitative estimate of drug-likeness (QED) is 0.851. The monoisotopic (exact) mass is 277 g/mol. The third kappa shape index (κ3) is 2.39. The second-order valence-electron chi connectivity index (χ2n) is 4.73. The smallest absolute Gasteiger partial charge is 0.238 e. The molecule has 4 nitrogen and oxygen atoms in total. The summed E-state index contributed by atoms with van der Waals surface area (Å²) in [5.41, 5.74) is -0.172. The van der Waals surface area contributed by atoms with E-state index in [1.807, 2.05) is 13.0 Å². The Labute approximate surface area is 112 Å². The fourth-order valence-corrected chi connectivity index (χ4v) is 3.23. The van der Waals surface area contributed by atoms with Crippen molar-refractivity contribution >= 4 is 16.3 Å². The van der Waals surface area contributed by atoms with E-state index < -0.39 is 21.4 Å². The average Bonchev–Trinajstić information content (AvgIpc) is 2.38. The molecule has 5 heteroatoms. The maximum absolute atomic E-state index is 11.7. The second kappa shape index (κ2) is 4.75. The lowest BCUT2D eigenvalue weighted by Crippen LogP contribution is -2.33. The van der Waals surface area contributed by atoms with Crippen LogP contribution < -0.4 is 5.14 Å². The van der Waals surface area contributed by atoms with Crippen LogP contribution in [-0.2, 0) is 20.2 Å². The molecule has 1 aliphatic rings. The number of primary sulfonamides is 1. The lowest BCUT2D eigenvalue weighted by atomic mass is 9.70. The zero-order valence-corrected chi connectivity index (χ0v) is 11.3. The van der Waals surface area contributed by atoms with Gasteiger partial charge in [-0.25, -0.2) is 13.6 Å². The molecule has 0 amide bonds. The molecule has 2 rings (SSSR count). The molecule has 0 radical (unpaired) electrons. The number of rotatable bonds is 3. The molecule has 0 saturated heterocycles. The van der Waals surface area contributed by atoms with Gasteiger partial charge in [0.1, 0.15) is 6.29 Å². The predicted octanol–water partition coefficient (Wildman–Crippen LogP) is 1.53. The largest absolute Gasteiger partial charge is 0.303 e. The highest BCUT2D eigenvalue weighted by molar-refractivity contribution is 7.89. The normalized spacial score (nSPS) is 26.3. The zero-order valence-electron chi connectivity index (χ0n) is 10.5. The van der Waals surface area contributed by atoms with Crippen LogP contribution >= 0.6 is 0 Å². The molecule has 2 unspecified atom stereocenters. The topological polar surface area (TPSA) is 77.2 Å². The van der Waals surface area contributed by atoms with Crippen LogP contribution in [0, 0.1) is 5.92 Å². The fraction of sp³-hybridized carbons (Fsp3) is 0.214. The number of benzene rings is 1. The zero-order chi connectivity index (χ0) is 14.1. The van der Waals surface area contributed by atoms with E-state index in [-0.39, 0.29) is 4.90 Å². The van der Waals surface area contributed by atoms with Gasteiger partial charge in [-0.1, -0.05) is 49.4 Å². The van der Waals surface area contributed by atoms with Crippen molar-refractivity contribution in [3.05, 3.63) is 54.1 Å². The standard InChI is InChI=1S/C14H15NO3S/c1-14(9-5-4-6-11(14)10-16)12-7-2-3-8-13(12)19(15,17)18/h2-11H,1H3,(H2,15,17,18). The van der Waals surface area contributed by atoms with Crippen molar-refractivity contribution in [1.29, 1.82) is 0 Å². The van der Waals surface area contributed by atoms with Crippen molar-refractivity contribution < 1.29 is 13.2 Å². The Bertz CT molecular complexity index is 661. The number of hydrogen-bond acceptors (Lipinski definition) is 3. The van der Waals surface area contributed by atoms with Gasteiger partial charge in [0.15, 0.2) is 0 Å². The van der Waals surface area contributed by atoms with Crippen molar-refractivity contribution in [3.8, 4) is 0 Å². The summed E-state index contributed by atoms with van der Waals surface area (Å²) in [5, 5.41) is 5.25. The molecule has 0 aromatic heterocycles. The average molecular weight is 277 g/mol. The number of carbonyl (C=O) groups is 1. The number of hydrogen-bond donors (Lipinski definition) is 1. The summed E-state index contributed by atoms with van der Waals surface area (Å²) >= 11 is 0. The fourth-order valence-electron chi connectivity index (χ4n) is 2.37. The van der Waals surface area contributed by atoms with Crippen molar-refractivity contribution in [2.45, 2.75) is 17.2 Å². The molecule has 0 fully saturated rings. The van der Waals surface area contributed by atoms with Gasteiger partial charge in [-0.2, -0.15) is 0 Å². The first kappa shape index (κ1) is 13.7. The summed E-state index contributed by atoms with van der Waals surface area (Å²) in [6.45, 7) is 1.83. The Balaban J connectivity index is 2.68. The van der Waals surface area contributed by atoms with Gasteiger partial charge in [0, 0.05) is 11.3 Å². The Morgan fingerprint density at radius 3 is 2.58 bits per heavy atom. The van der Waals surface area contributed by atoms with E-state index >= 15 is 0 Å². The number of allylic oxidation sites excluding steroid dienone is 4. The third-order valence-electron chi connectivity index (χ3n) is 3.48. The van der Waals surface area contributed by atoms with Crippen molar-refractivity contribution in [2.75, 3.05) is 0 Å². The molecule has 1 aromatic rings. The third-order valence-corrected chi connectivity index (χ3v) is 4.45. The van der Waals surface area contributed by atoms with Gasteiger partial charge < -0.3 is 4.79 Å². The molecule has 1 aromatic carbocycles. The SMILES string of the molecule is CC1(c2ccccc2S(N)(=O)=O)C=CC=CC1C=O. The van der Waals surface area contributed by atoms with Gasteiger partial charge in [0.05, 0.1) is 4.90 Å². The van der Waals surface area contributed by atoms with Crippen LogP contribution in [0.2, 0.25) is 0 Å². The molecule has 0 saturated carbocycles. The summed E-state index contributed by atoms with van der Waals surface area (Å²) < 4.78 is 23.4. The Morgan fingerprint density at radius 2 is 1.95 bits per heavy atom. The Kier molecular flexibility index (Phi) is 3.43. The molecular formula is C14H15NO3S. The molecule has 19 heavy (non-hydrogen) atoms. The lowest BCUT2D eigenvalue weighted by molar-refractivity contribution is -0.111. The van der Waals surface area contributed by atoms with Crippen LogP contribution in [0.3, 0.4) is 0 Å². The van der Waals surface area contributed by atoms with E-state index in [1.54, 1.807) is 36.4 Å². The minimum absolute atomic E-state index is 0.0595. The summed E-state index contributed by atoms with van der Waals surface area (Å²) in [6, 6.07) is 6.51. The minimum Gasteiger partial charge on any atom is -0.303 e. The van der Waals surface area contributed by atoms with Crippen LogP contribution in [0.4, 0.5) is 0 Å². The number of aldehydes is 1. The van der Waals surface area contributed by atoms with Gasteiger partial charge in [0.25, 0.3) is 0 Å². The highest BCUT2D eigenvalue weighted by Crippen LogP contribution is 2.38. The van der Waals surface area contributed by atoms with E-state index in [2.05, 4.69) is 0 Å². The van der Waals surface area contributed by atoms with Crippen LogP contribution in [-0.4, -0.2) is 14.7 Å². The van der Waals surface area contributed by atoms with Crippen LogP contribution in [0.5, 0.6) is 0 Å². The lowest BCUT2D eigenvalue weighted by Gasteiger charge is -2.33. The highest BCUT2D eigenvalue weighted by Gasteiger charge is 2.36. The Morgan fingerprint density at radius 1 is 1.26 bits per heavy atom. The predicted molar refractivity (Wildman–Crippen MR) is 73.0 cm³/mol. The molecule has 2 atom stereocenters. The first-order chi connectivity index (χ1) is 8.89. The molecule has 0 bridgehead atoms. The van der Waals surface area contributed by atoms with E-state index in [1.165, 1.54) is 6.07 Å². The van der Waals surface area contributed by atoms with E-state index in [4.69, 9.17) is 5.14 Å². The van der Waals surface area contributed by atoms with Gasteiger partial charge >= 0.3 is 0 Å². The first-order valence-electron chi connectivity index (χ1n) is 5.83. The first-order valence-corrected chi connectivity index (χ1v) is 7.38. The van der Waals surface area contributed by atoms with Crippen LogP contribution in [0.25, 0.3) is 0 Å². The number of sulfonamides is 1. The van der Waals surface area contributed by atoms with Gasteiger partial charge in [-0.05, 0) is 11.6 Å². The summed E-state index contributed by atoms with van der Waals surface area (Å²) in [5.74, 6) is -0.416. The molecule has 100 valence electrons. The molecule has 0 heterocycles. The van der Waals surface area contributed by atoms with E-state index in [0.717, 1.165) is 6.29 Å². The Hall–Kier alpha value is -1.72. The summed E-state index contributed by atoms with van der Waals surface area (Å²) in [6.07, 6.45) is 7.99. The number of nitrogens with two attached hydrogens (primary N) is 1. The van der Waals surface area contributed by atoms with Crippen LogP contribution in [0.15, 0.2) is 53.5 Å². The van der Waals surface area contributed by atoms with Crippen molar-refractivity contribution in [1.82, 2.24) is 0 Å². The van der Waals surface area contributed by atoms with Gasteiger partial charge in [-0.15, -0.1) is 0 Å². The molecule has 0 spiro atoms. The molecule has 0 aliphatic heterocycles. The van der Waals surface area contributed by atoms with Gasteiger partial charge in [-0.3, -0.25) is 0 Å². The highest BCUT2D eigenvalue weighted by atomic mass is 32.2. The van der Waals surface area contributed by atoms with E-state index in [0.29, 0.717) is 5.56 Å². The summed E-state index contributed by atoms with van der Waals surface area (Å²) in [7, 11) is -3.83. The molecular weight excluding hydrogens is 262 g/mol. The van der Waals surface area contributed by atoms with Crippen molar-refractivity contribution in [3.63, 3.8) is 0 Å². The minimum atomic E-state index is -3.83. The maximum atomic E-state index is 11.7. The van der Waals surface area contributed by atoms with E-state index in [9.17, 15) is 13.2 Å². The van der Waals surface area contributed by atoms with Crippen LogP contribution in [0.1, 0.15) is 12.5 Å². The van der Waals surface area contributed by atoms with Crippen molar-refractivity contribution in [2.24, 2.45) is 11.1 Å². The summed E-state index contributed by atoms with van der Waals surface area (Å²) in [4.78, 5) is 11.3. The molecule has 1 aliphatic carbocycles. The van der Waals surface area contributed by atoms with Gasteiger partial charge in [0.2, 0.25) is 10.0 Å². The number of carbonyl (C=O) groups excluding carboxylic acids is 1.